The highest BCUT2D eigenvalue weighted by atomic mass is 32.1. The van der Waals surface area contributed by atoms with Crippen molar-refractivity contribution in [2.45, 2.75) is 13.5 Å². The average molecular weight is 265 g/mol. The molecule has 1 N–H and O–H groups in total. The maximum Gasteiger partial charge on any atom is 0.205 e. The lowest BCUT2D eigenvalue weighted by atomic mass is 10.3. The molecule has 1 aromatic carbocycles. The molecule has 0 atom stereocenters. The molecule has 96 valence electrons. The summed E-state index contributed by atoms with van der Waals surface area (Å²) in [5, 5.41) is 12.5. The van der Waals surface area contributed by atoms with Crippen molar-refractivity contribution in [3.63, 3.8) is 0 Å². The first-order valence-corrected chi connectivity index (χ1v) is 6.49. The molecular formula is C12H15N3O2S. The summed E-state index contributed by atoms with van der Waals surface area (Å²) < 4.78 is 11.0. The SMILES string of the molecule is CCOc1cccc(OCc2nnc(NC)s2)c1. The van der Waals surface area contributed by atoms with Gasteiger partial charge in [0.05, 0.1) is 6.61 Å². The van der Waals surface area contributed by atoms with Gasteiger partial charge in [0.2, 0.25) is 5.13 Å². The lowest BCUT2D eigenvalue weighted by molar-refractivity contribution is 0.298. The molecule has 0 spiro atoms. The number of rotatable bonds is 6. The van der Waals surface area contributed by atoms with Crippen LogP contribution in [0.3, 0.4) is 0 Å². The lowest BCUT2D eigenvalue weighted by Crippen LogP contribution is -1.96. The minimum Gasteiger partial charge on any atom is -0.494 e. The molecule has 0 aliphatic heterocycles. The molecule has 0 saturated carbocycles. The maximum absolute atomic E-state index is 5.64. The van der Waals surface area contributed by atoms with Crippen LogP contribution in [0.4, 0.5) is 5.13 Å². The Morgan fingerprint density at radius 2 is 2.00 bits per heavy atom. The van der Waals surface area contributed by atoms with Crippen LogP contribution < -0.4 is 14.8 Å². The van der Waals surface area contributed by atoms with E-state index in [9.17, 15) is 0 Å². The molecule has 2 rings (SSSR count). The summed E-state index contributed by atoms with van der Waals surface area (Å²) in [6.45, 7) is 3.01. The largest absolute Gasteiger partial charge is 0.494 e. The Balaban J connectivity index is 1.94. The van der Waals surface area contributed by atoms with E-state index < -0.39 is 0 Å². The number of hydrogen-bond donors (Lipinski definition) is 1. The third-order valence-electron chi connectivity index (χ3n) is 2.16. The predicted octanol–water partition coefficient (Wildman–Crippen LogP) is 2.56. The van der Waals surface area contributed by atoms with Crippen molar-refractivity contribution in [2.24, 2.45) is 0 Å². The van der Waals surface area contributed by atoms with Crippen molar-refractivity contribution < 1.29 is 9.47 Å². The highest BCUT2D eigenvalue weighted by Gasteiger charge is 2.04. The Bertz CT molecular complexity index is 502. The molecule has 0 saturated heterocycles. The minimum atomic E-state index is 0.412. The van der Waals surface area contributed by atoms with Crippen molar-refractivity contribution in [3.8, 4) is 11.5 Å². The van der Waals surface area contributed by atoms with Crippen LogP contribution in [0.5, 0.6) is 11.5 Å². The van der Waals surface area contributed by atoms with Gasteiger partial charge in [0.15, 0.2) is 5.01 Å². The first kappa shape index (κ1) is 12.6. The molecule has 18 heavy (non-hydrogen) atoms. The third kappa shape index (κ3) is 3.33. The summed E-state index contributed by atoms with van der Waals surface area (Å²) in [4.78, 5) is 0. The van der Waals surface area contributed by atoms with Crippen LogP contribution in [0.15, 0.2) is 24.3 Å². The van der Waals surface area contributed by atoms with E-state index in [1.165, 1.54) is 11.3 Å². The van der Waals surface area contributed by atoms with Crippen molar-refractivity contribution in [1.29, 1.82) is 0 Å². The van der Waals surface area contributed by atoms with Crippen molar-refractivity contribution in [1.82, 2.24) is 10.2 Å². The van der Waals surface area contributed by atoms with Gasteiger partial charge < -0.3 is 14.8 Å². The monoisotopic (exact) mass is 265 g/mol. The van der Waals surface area contributed by atoms with Crippen LogP contribution in [0.2, 0.25) is 0 Å². The first-order chi connectivity index (χ1) is 8.81. The fourth-order valence-electron chi connectivity index (χ4n) is 1.38. The van der Waals surface area contributed by atoms with Crippen LogP contribution in [-0.2, 0) is 6.61 Å². The molecule has 0 aliphatic rings. The van der Waals surface area contributed by atoms with E-state index in [-0.39, 0.29) is 0 Å². The van der Waals surface area contributed by atoms with Crippen LogP contribution in [0.1, 0.15) is 11.9 Å². The zero-order valence-electron chi connectivity index (χ0n) is 10.3. The summed E-state index contributed by atoms with van der Waals surface area (Å²) in [6.07, 6.45) is 0. The van der Waals surface area contributed by atoms with Gasteiger partial charge in [0.25, 0.3) is 0 Å². The van der Waals surface area contributed by atoms with Gasteiger partial charge in [0, 0.05) is 13.1 Å². The van der Waals surface area contributed by atoms with Gasteiger partial charge in [-0.05, 0) is 19.1 Å². The van der Waals surface area contributed by atoms with Crippen LogP contribution >= 0.6 is 11.3 Å². The Morgan fingerprint density at radius 3 is 2.67 bits per heavy atom. The zero-order chi connectivity index (χ0) is 12.8. The fraction of sp³-hybridized carbons (Fsp3) is 0.333. The molecule has 5 nitrogen and oxygen atoms in total. The smallest absolute Gasteiger partial charge is 0.205 e. The molecule has 0 aliphatic carbocycles. The molecule has 0 unspecified atom stereocenters. The Kier molecular flexibility index (Phi) is 4.35. The van der Waals surface area contributed by atoms with E-state index in [4.69, 9.17) is 9.47 Å². The minimum absolute atomic E-state index is 0.412. The molecule has 0 fully saturated rings. The third-order valence-corrected chi connectivity index (χ3v) is 3.07. The second kappa shape index (κ2) is 6.20. The Morgan fingerprint density at radius 1 is 1.22 bits per heavy atom. The summed E-state index contributed by atoms with van der Waals surface area (Å²) in [7, 11) is 1.82. The Hall–Kier alpha value is -1.82. The van der Waals surface area contributed by atoms with Gasteiger partial charge in [-0.3, -0.25) is 0 Å². The number of nitrogens with zero attached hydrogens (tertiary/aromatic N) is 2. The molecule has 0 radical (unpaired) electrons. The number of hydrogen-bond acceptors (Lipinski definition) is 6. The Labute approximate surface area is 110 Å². The fourth-order valence-corrected chi connectivity index (χ4v) is 1.98. The second-order valence-corrected chi connectivity index (χ2v) is 4.51. The molecule has 2 aromatic rings. The van der Waals surface area contributed by atoms with E-state index in [0.717, 1.165) is 21.6 Å². The summed E-state index contributed by atoms with van der Waals surface area (Å²) in [6, 6.07) is 7.56. The van der Waals surface area contributed by atoms with E-state index in [1.807, 2.05) is 38.2 Å². The summed E-state index contributed by atoms with van der Waals surface area (Å²) in [5.41, 5.74) is 0. The number of benzene rings is 1. The number of nitrogens with one attached hydrogen (secondary N) is 1. The lowest BCUT2D eigenvalue weighted by Gasteiger charge is -2.06. The average Bonchev–Trinajstić information content (AvgIpc) is 2.85. The zero-order valence-corrected chi connectivity index (χ0v) is 11.2. The standard InChI is InChI=1S/C12H15N3O2S/c1-3-16-9-5-4-6-10(7-9)17-8-11-14-15-12(13-2)18-11/h4-7H,3,8H2,1-2H3,(H,13,15). The topological polar surface area (TPSA) is 56.3 Å². The summed E-state index contributed by atoms with van der Waals surface area (Å²) in [5.74, 6) is 1.57. The van der Waals surface area contributed by atoms with Crippen LogP contribution in [0.25, 0.3) is 0 Å². The van der Waals surface area contributed by atoms with E-state index in [1.54, 1.807) is 0 Å². The number of aromatic nitrogens is 2. The normalized spacial score (nSPS) is 10.1. The van der Waals surface area contributed by atoms with Crippen molar-refractivity contribution in [2.75, 3.05) is 19.0 Å². The van der Waals surface area contributed by atoms with Gasteiger partial charge >= 0.3 is 0 Å². The van der Waals surface area contributed by atoms with Gasteiger partial charge in [-0.25, -0.2) is 0 Å². The van der Waals surface area contributed by atoms with E-state index in [2.05, 4.69) is 15.5 Å². The van der Waals surface area contributed by atoms with E-state index >= 15 is 0 Å². The molecule has 0 amide bonds. The number of ether oxygens (including phenoxy) is 2. The van der Waals surface area contributed by atoms with Crippen molar-refractivity contribution in [3.05, 3.63) is 29.3 Å². The second-order valence-electron chi connectivity index (χ2n) is 3.45. The summed E-state index contributed by atoms with van der Waals surface area (Å²) >= 11 is 1.48. The van der Waals surface area contributed by atoms with Crippen LogP contribution in [0, 0.1) is 0 Å². The number of anilines is 1. The predicted molar refractivity (Wildman–Crippen MR) is 71.4 cm³/mol. The van der Waals surface area contributed by atoms with Crippen LogP contribution in [-0.4, -0.2) is 23.9 Å². The molecule has 6 heteroatoms. The molecule has 1 heterocycles. The van der Waals surface area contributed by atoms with Gasteiger partial charge in [-0.15, -0.1) is 10.2 Å². The maximum atomic E-state index is 5.64. The molecule has 0 bridgehead atoms. The highest BCUT2D eigenvalue weighted by molar-refractivity contribution is 7.15. The van der Waals surface area contributed by atoms with Gasteiger partial charge in [-0.1, -0.05) is 17.4 Å². The first-order valence-electron chi connectivity index (χ1n) is 5.67. The van der Waals surface area contributed by atoms with Crippen molar-refractivity contribution >= 4 is 16.5 Å². The molecular weight excluding hydrogens is 250 g/mol. The molecule has 1 aromatic heterocycles. The quantitative estimate of drug-likeness (QED) is 0.870. The van der Waals surface area contributed by atoms with E-state index in [0.29, 0.717) is 13.2 Å². The highest BCUT2D eigenvalue weighted by Crippen LogP contribution is 2.21. The van der Waals surface area contributed by atoms with Gasteiger partial charge in [0.1, 0.15) is 18.1 Å². The van der Waals surface area contributed by atoms with Gasteiger partial charge in [-0.2, -0.15) is 0 Å².